The number of benzene rings is 1. The van der Waals surface area contributed by atoms with E-state index in [1.165, 1.54) is 18.2 Å². The zero-order valence-electron chi connectivity index (χ0n) is 8.13. The number of rotatable bonds is 3. The minimum Gasteiger partial charge on any atom is -0.398 e. The largest absolute Gasteiger partial charge is 0.398 e. The summed E-state index contributed by atoms with van der Waals surface area (Å²) in [6.45, 7) is 1.66. The Morgan fingerprint density at radius 3 is 2.71 bits per heavy atom. The van der Waals surface area contributed by atoms with E-state index in [-0.39, 0.29) is 12.4 Å². The Labute approximate surface area is 82.5 Å². The van der Waals surface area contributed by atoms with Crippen molar-refractivity contribution < 1.29 is 9.50 Å². The van der Waals surface area contributed by atoms with Crippen molar-refractivity contribution in [1.82, 2.24) is 0 Å². The van der Waals surface area contributed by atoms with E-state index < -0.39 is 5.54 Å². The van der Waals surface area contributed by atoms with E-state index in [0.29, 0.717) is 17.7 Å². The first kappa shape index (κ1) is 10.9. The van der Waals surface area contributed by atoms with Crippen molar-refractivity contribution in [2.24, 2.45) is 5.73 Å². The average Bonchev–Trinajstić information content (AvgIpc) is 2.09. The second-order valence-corrected chi connectivity index (χ2v) is 3.62. The van der Waals surface area contributed by atoms with Crippen LogP contribution in [0.15, 0.2) is 18.2 Å². The number of nitrogens with two attached hydrogens (primary N) is 2. The van der Waals surface area contributed by atoms with Crippen molar-refractivity contribution in [1.29, 1.82) is 0 Å². The molecule has 5 N–H and O–H groups in total. The third kappa shape index (κ3) is 2.21. The van der Waals surface area contributed by atoms with Crippen molar-refractivity contribution in [2.45, 2.75) is 18.9 Å². The summed E-state index contributed by atoms with van der Waals surface area (Å²) in [4.78, 5) is 0. The SMILES string of the molecule is C[C@@](N)(CCO)c1cc(F)ccc1N. The predicted octanol–water partition coefficient (Wildman–Crippen LogP) is 0.964. The highest BCUT2D eigenvalue weighted by Gasteiger charge is 2.23. The summed E-state index contributed by atoms with van der Waals surface area (Å²) in [7, 11) is 0. The van der Waals surface area contributed by atoms with Gasteiger partial charge in [-0.05, 0) is 37.1 Å². The molecule has 0 amide bonds. The molecule has 0 aliphatic rings. The minimum absolute atomic E-state index is 0.0526. The summed E-state index contributed by atoms with van der Waals surface area (Å²) in [6, 6.07) is 4.08. The van der Waals surface area contributed by atoms with Gasteiger partial charge in [0, 0.05) is 17.8 Å². The molecule has 0 radical (unpaired) electrons. The van der Waals surface area contributed by atoms with Gasteiger partial charge in [-0.1, -0.05) is 0 Å². The molecule has 1 rings (SSSR count). The maximum absolute atomic E-state index is 12.9. The lowest BCUT2D eigenvalue weighted by Crippen LogP contribution is -2.35. The van der Waals surface area contributed by atoms with Gasteiger partial charge >= 0.3 is 0 Å². The smallest absolute Gasteiger partial charge is 0.123 e. The Hall–Kier alpha value is -1.13. The fourth-order valence-electron chi connectivity index (χ4n) is 1.39. The molecule has 4 heteroatoms. The van der Waals surface area contributed by atoms with E-state index in [9.17, 15) is 4.39 Å². The van der Waals surface area contributed by atoms with Crippen LogP contribution in [0.4, 0.5) is 10.1 Å². The third-order valence-electron chi connectivity index (χ3n) is 2.26. The van der Waals surface area contributed by atoms with Gasteiger partial charge in [0.15, 0.2) is 0 Å². The monoisotopic (exact) mass is 198 g/mol. The van der Waals surface area contributed by atoms with Crippen LogP contribution >= 0.6 is 0 Å². The second-order valence-electron chi connectivity index (χ2n) is 3.62. The second kappa shape index (κ2) is 3.94. The van der Waals surface area contributed by atoms with E-state index in [2.05, 4.69) is 0 Å². The highest BCUT2D eigenvalue weighted by atomic mass is 19.1. The van der Waals surface area contributed by atoms with Gasteiger partial charge in [0.25, 0.3) is 0 Å². The van der Waals surface area contributed by atoms with Crippen LogP contribution in [0.5, 0.6) is 0 Å². The maximum atomic E-state index is 12.9. The molecule has 1 aromatic rings. The summed E-state index contributed by atoms with van der Waals surface area (Å²) in [6.07, 6.45) is 0.348. The zero-order valence-corrected chi connectivity index (χ0v) is 8.13. The molecule has 0 aliphatic carbocycles. The maximum Gasteiger partial charge on any atom is 0.123 e. The number of anilines is 1. The topological polar surface area (TPSA) is 72.3 Å². The first-order valence-electron chi connectivity index (χ1n) is 4.42. The highest BCUT2D eigenvalue weighted by Crippen LogP contribution is 2.27. The van der Waals surface area contributed by atoms with Crippen molar-refractivity contribution in [2.75, 3.05) is 12.3 Å². The van der Waals surface area contributed by atoms with Crippen LogP contribution in [0.3, 0.4) is 0 Å². The number of hydrogen-bond donors (Lipinski definition) is 3. The van der Waals surface area contributed by atoms with Gasteiger partial charge < -0.3 is 16.6 Å². The van der Waals surface area contributed by atoms with E-state index >= 15 is 0 Å². The van der Waals surface area contributed by atoms with Gasteiger partial charge in [-0.25, -0.2) is 4.39 Å². The van der Waals surface area contributed by atoms with Gasteiger partial charge in [-0.3, -0.25) is 0 Å². The molecule has 1 atom stereocenters. The zero-order chi connectivity index (χ0) is 10.8. The first-order valence-corrected chi connectivity index (χ1v) is 4.42. The number of halogens is 1. The van der Waals surface area contributed by atoms with E-state index in [1.807, 2.05) is 0 Å². The van der Waals surface area contributed by atoms with Crippen molar-refractivity contribution >= 4 is 5.69 Å². The van der Waals surface area contributed by atoms with Crippen LogP contribution in [0, 0.1) is 5.82 Å². The van der Waals surface area contributed by atoms with E-state index in [4.69, 9.17) is 16.6 Å². The quantitative estimate of drug-likeness (QED) is 0.633. The fourth-order valence-corrected chi connectivity index (χ4v) is 1.39. The molecule has 0 saturated carbocycles. The van der Waals surface area contributed by atoms with Gasteiger partial charge in [0.2, 0.25) is 0 Å². The number of hydrogen-bond acceptors (Lipinski definition) is 3. The summed E-state index contributed by atoms with van der Waals surface area (Å²) in [5.74, 6) is -0.371. The Bertz CT molecular complexity index is 326. The van der Waals surface area contributed by atoms with Gasteiger partial charge in [0.05, 0.1) is 0 Å². The average molecular weight is 198 g/mol. The number of aliphatic hydroxyl groups excluding tert-OH is 1. The van der Waals surface area contributed by atoms with Gasteiger partial charge in [-0.2, -0.15) is 0 Å². The van der Waals surface area contributed by atoms with Crippen LogP contribution in [0.2, 0.25) is 0 Å². The Morgan fingerprint density at radius 1 is 1.50 bits per heavy atom. The number of aliphatic hydroxyl groups is 1. The number of nitrogen functional groups attached to an aromatic ring is 1. The van der Waals surface area contributed by atoms with Gasteiger partial charge in [-0.15, -0.1) is 0 Å². The first-order chi connectivity index (χ1) is 6.47. The molecular formula is C10H15FN2O. The lowest BCUT2D eigenvalue weighted by atomic mass is 9.89. The molecule has 0 bridgehead atoms. The van der Waals surface area contributed by atoms with Crippen molar-refractivity contribution in [3.8, 4) is 0 Å². The van der Waals surface area contributed by atoms with Crippen LogP contribution in [-0.2, 0) is 5.54 Å². The van der Waals surface area contributed by atoms with Crippen molar-refractivity contribution in [3.63, 3.8) is 0 Å². The van der Waals surface area contributed by atoms with Gasteiger partial charge in [0.1, 0.15) is 5.82 Å². The summed E-state index contributed by atoms with van der Waals surface area (Å²) >= 11 is 0. The lowest BCUT2D eigenvalue weighted by Gasteiger charge is -2.25. The molecule has 0 spiro atoms. The Morgan fingerprint density at radius 2 is 2.14 bits per heavy atom. The lowest BCUT2D eigenvalue weighted by molar-refractivity contribution is 0.247. The summed E-state index contributed by atoms with van der Waals surface area (Å²) in [5, 5.41) is 8.81. The molecule has 1 aromatic carbocycles. The molecule has 14 heavy (non-hydrogen) atoms. The normalized spacial score (nSPS) is 15.1. The minimum atomic E-state index is -0.791. The standard InChI is InChI=1S/C10H15FN2O/c1-10(13,4-5-14)8-6-7(11)2-3-9(8)12/h2-3,6,14H,4-5,12-13H2,1H3/t10-/m1/s1. The fraction of sp³-hybridized carbons (Fsp3) is 0.400. The van der Waals surface area contributed by atoms with Crippen LogP contribution in [0.25, 0.3) is 0 Å². The Balaban J connectivity index is 3.10. The van der Waals surface area contributed by atoms with Crippen LogP contribution in [-0.4, -0.2) is 11.7 Å². The highest BCUT2D eigenvalue weighted by molar-refractivity contribution is 5.50. The van der Waals surface area contributed by atoms with Crippen LogP contribution in [0.1, 0.15) is 18.9 Å². The molecular weight excluding hydrogens is 183 g/mol. The molecule has 0 unspecified atom stereocenters. The van der Waals surface area contributed by atoms with E-state index in [1.54, 1.807) is 6.92 Å². The molecule has 78 valence electrons. The Kier molecular flexibility index (Phi) is 3.08. The predicted molar refractivity (Wildman–Crippen MR) is 54.1 cm³/mol. The molecule has 0 aliphatic heterocycles. The molecule has 0 saturated heterocycles. The molecule has 3 nitrogen and oxygen atoms in total. The van der Waals surface area contributed by atoms with Crippen molar-refractivity contribution in [3.05, 3.63) is 29.6 Å². The third-order valence-corrected chi connectivity index (χ3v) is 2.26. The molecule has 0 fully saturated rings. The summed E-state index contributed by atoms with van der Waals surface area (Å²) in [5.41, 5.74) is 11.8. The van der Waals surface area contributed by atoms with Crippen LogP contribution < -0.4 is 11.5 Å². The summed E-state index contributed by atoms with van der Waals surface area (Å²) < 4.78 is 12.9. The molecule has 0 heterocycles. The van der Waals surface area contributed by atoms with E-state index in [0.717, 1.165) is 0 Å². The molecule has 0 aromatic heterocycles.